The molecule has 0 saturated heterocycles. The molecular formula is C15H15NO3. The number of nitrogens with two attached hydrogens (primary N) is 1. The number of methoxy groups -OCH3 is 2. The summed E-state index contributed by atoms with van der Waals surface area (Å²) in [6.45, 7) is 0. The smallest absolute Gasteiger partial charge is 0.195 e. The van der Waals surface area contributed by atoms with Gasteiger partial charge in [-0.25, -0.2) is 0 Å². The van der Waals surface area contributed by atoms with Crippen LogP contribution in [0, 0.1) is 0 Å². The molecule has 2 aromatic rings. The number of benzene rings is 2. The van der Waals surface area contributed by atoms with Crippen LogP contribution in [-0.4, -0.2) is 20.0 Å². The van der Waals surface area contributed by atoms with Gasteiger partial charge in [0.15, 0.2) is 5.78 Å². The summed E-state index contributed by atoms with van der Waals surface area (Å²) in [5, 5.41) is 0. The van der Waals surface area contributed by atoms with Gasteiger partial charge in [0, 0.05) is 22.9 Å². The van der Waals surface area contributed by atoms with Crippen molar-refractivity contribution < 1.29 is 14.3 Å². The van der Waals surface area contributed by atoms with E-state index in [4.69, 9.17) is 15.2 Å². The first-order chi connectivity index (χ1) is 9.15. The molecule has 98 valence electrons. The van der Waals surface area contributed by atoms with Gasteiger partial charge in [-0.3, -0.25) is 4.79 Å². The summed E-state index contributed by atoms with van der Waals surface area (Å²) >= 11 is 0. The quantitative estimate of drug-likeness (QED) is 0.675. The highest BCUT2D eigenvalue weighted by molar-refractivity contribution is 6.12. The lowest BCUT2D eigenvalue weighted by Crippen LogP contribution is -2.05. The Balaban J connectivity index is 2.47. The Morgan fingerprint density at radius 1 is 1.00 bits per heavy atom. The van der Waals surface area contributed by atoms with E-state index in [2.05, 4.69) is 0 Å². The van der Waals surface area contributed by atoms with Gasteiger partial charge < -0.3 is 15.2 Å². The van der Waals surface area contributed by atoms with Gasteiger partial charge in [0.2, 0.25) is 0 Å². The van der Waals surface area contributed by atoms with Crippen LogP contribution in [0.5, 0.6) is 11.5 Å². The zero-order chi connectivity index (χ0) is 13.8. The molecule has 2 aromatic carbocycles. The second-order valence-electron chi connectivity index (χ2n) is 4.02. The lowest BCUT2D eigenvalue weighted by Gasteiger charge is -2.09. The van der Waals surface area contributed by atoms with Gasteiger partial charge in [-0.1, -0.05) is 12.1 Å². The first-order valence-corrected chi connectivity index (χ1v) is 5.78. The molecule has 0 amide bonds. The molecule has 0 fully saturated rings. The molecule has 19 heavy (non-hydrogen) atoms. The first-order valence-electron chi connectivity index (χ1n) is 5.78. The van der Waals surface area contributed by atoms with Crippen LogP contribution in [0.15, 0.2) is 42.5 Å². The van der Waals surface area contributed by atoms with Gasteiger partial charge in [-0.2, -0.15) is 0 Å². The van der Waals surface area contributed by atoms with Crippen LogP contribution < -0.4 is 15.2 Å². The van der Waals surface area contributed by atoms with Gasteiger partial charge in [0.1, 0.15) is 11.5 Å². The summed E-state index contributed by atoms with van der Waals surface area (Å²) in [7, 11) is 3.08. The van der Waals surface area contributed by atoms with Crippen LogP contribution in [0.3, 0.4) is 0 Å². The van der Waals surface area contributed by atoms with E-state index in [0.29, 0.717) is 28.3 Å². The Labute approximate surface area is 111 Å². The van der Waals surface area contributed by atoms with Crippen LogP contribution in [0.25, 0.3) is 0 Å². The van der Waals surface area contributed by atoms with E-state index >= 15 is 0 Å². The van der Waals surface area contributed by atoms with Gasteiger partial charge in [-0.05, 0) is 24.3 Å². The Kier molecular flexibility index (Phi) is 3.71. The second kappa shape index (κ2) is 5.44. The minimum atomic E-state index is -0.157. The zero-order valence-electron chi connectivity index (χ0n) is 10.8. The molecule has 0 saturated carbocycles. The van der Waals surface area contributed by atoms with Crippen molar-refractivity contribution in [3.63, 3.8) is 0 Å². The average molecular weight is 257 g/mol. The summed E-state index contributed by atoms with van der Waals surface area (Å²) in [5.74, 6) is 0.977. The maximum absolute atomic E-state index is 12.4. The molecule has 0 unspecified atom stereocenters. The monoisotopic (exact) mass is 257 g/mol. The van der Waals surface area contributed by atoms with Crippen molar-refractivity contribution in [1.82, 2.24) is 0 Å². The Bertz CT molecular complexity index is 586. The van der Waals surface area contributed by atoms with Crippen molar-refractivity contribution in [2.24, 2.45) is 0 Å². The standard InChI is InChI=1S/C15H15NO3/c1-18-11-7-10(8-12(9-11)19-2)15(17)13-5-3-4-6-14(13)16/h3-9H,16H2,1-2H3. The van der Waals surface area contributed by atoms with Crippen molar-refractivity contribution in [3.05, 3.63) is 53.6 Å². The number of carbonyl (C=O) groups is 1. The third-order valence-corrected chi connectivity index (χ3v) is 2.82. The molecule has 0 aliphatic rings. The van der Waals surface area contributed by atoms with E-state index in [-0.39, 0.29) is 5.78 Å². The summed E-state index contributed by atoms with van der Waals surface area (Å²) in [5.41, 5.74) is 7.22. The van der Waals surface area contributed by atoms with E-state index in [1.165, 1.54) is 0 Å². The molecule has 0 heterocycles. The van der Waals surface area contributed by atoms with Gasteiger partial charge in [0.25, 0.3) is 0 Å². The Morgan fingerprint density at radius 3 is 2.11 bits per heavy atom. The first kappa shape index (κ1) is 13.0. The minimum Gasteiger partial charge on any atom is -0.497 e. The van der Waals surface area contributed by atoms with Crippen LogP contribution in [0.4, 0.5) is 5.69 Å². The van der Waals surface area contributed by atoms with E-state index < -0.39 is 0 Å². The summed E-state index contributed by atoms with van der Waals surface area (Å²) in [6, 6.07) is 12.0. The highest BCUT2D eigenvalue weighted by atomic mass is 16.5. The number of ketones is 1. The summed E-state index contributed by atoms with van der Waals surface area (Å²) in [6.07, 6.45) is 0. The van der Waals surface area contributed by atoms with Gasteiger partial charge in [0.05, 0.1) is 14.2 Å². The molecule has 0 spiro atoms. The molecule has 0 atom stereocenters. The molecule has 0 aromatic heterocycles. The van der Waals surface area contributed by atoms with Crippen LogP contribution in [0.2, 0.25) is 0 Å². The summed E-state index contributed by atoms with van der Waals surface area (Å²) in [4.78, 5) is 12.4. The third-order valence-electron chi connectivity index (χ3n) is 2.82. The molecule has 0 radical (unpaired) electrons. The van der Waals surface area contributed by atoms with Crippen molar-refractivity contribution in [3.8, 4) is 11.5 Å². The van der Waals surface area contributed by atoms with Crippen LogP contribution in [0.1, 0.15) is 15.9 Å². The minimum absolute atomic E-state index is 0.157. The molecule has 0 aliphatic carbocycles. The summed E-state index contributed by atoms with van der Waals surface area (Å²) < 4.78 is 10.3. The number of ether oxygens (including phenoxy) is 2. The average Bonchev–Trinajstić information content (AvgIpc) is 2.46. The van der Waals surface area contributed by atoms with Crippen LogP contribution in [-0.2, 0) is 0 Å². The lowest BCUT2D eigenvalue weighted by molar-refractivity contribution is 0.103. The Hall–Kier alpha value is -2.49. The number of hydrogen-bond donors (Lipinski definition) is 1. The third kappa shape index (κ3) is 2.68. The molecule has 0 bridgehead atoms. The van der Waals surface area contributed by atoms with Crippen molar-refractivity contribution in [1.29, 1.82) is 0 Å². The fraction of sp³-hybridized carbons (Fsp3) is 0.133. The molecule has 2 N–H and O–H groups in total. The fourth-order valence-corrected chi connectivity index (χ4v) is 1.80. The van der Waals surface area contributed by atoms with Crippen molar-refractivity contribution in [2.45, 2.75) is 0 Å². The van der Waals surface area contributed by atoms with Crippen LogP contribution >= 0.6 is 0 Å². The predicted molar refractivity (Wildman–Crippen MR) is 73.8 cm³/mol. The number of hydrogen-bond acceptors (Lipinski definition) is 4. The molecule has 4 nitrogen and oxygen atoms in total. The lowest BCUT2D eigenvalue weighted by atomic mass is 10.0. The largest absolute Gasteiger partial charge is 0.497 e. The van der Waals surface area contributed by atoms with Gasteiger partial charge >= 0.3 is 0 Å². The number of rotatable bonds is 4. The topological polar surface area (TPSA) is 61.5 Å². The second-order valence-corrected chi connectivity index (χ2v) is 4.02. The van der Waals surface area contributed by atoms with Crippen molar-refractivity contribution in [2.75, 3.05) is 20.0 Å². The highest BCUT2D eigenvalue weighted by Crippen LogP contribution is 2.25. The predicted octanol–water partition coefficient (Wildman–Crippen LogP) is 2.52. The molecule has 0 aliphatic heterocycles. The molecule has 2 rings (SSSR count). The number of anilines is 1. The van der Waals surface area contributed by atoms with Crippen molar-refractivity contribution >= 4 is 11.5 Å². The highest BCUT2D eigenvalue weighted by Gasteiger charge is 2.14. The van der Waals surface area contributed by atoms with E-state index in [0.717, 1.165) is 0 Å². The normalized spacial score (nSPS) is 10.0. The number of nitrogen functional groups attached to an aromatic ring is 1. The zero-order valence-corrected chi connectivity index (χ0v) is 10.8. The SMILES string of the molecule is COc1cc(OC)cc(C(=O)c2ccccc2N)c1. The maximum atomic E-state index is 12.4. The number of para-hydroxylation sites is 1. The maximum Gasteiger partial charge on any atom is 0.195 e. The number of carbonyl (C=O) groups excluding carboxylic acids is 1. The fourth-order valence-electron chi connectivity index (χ4n) is 1.80. The molecule has 4 heteroatoms. The molecular weight excluding hydrogens is 242 g/mol. The van der Waals surface area contributed by atoms with E-state index in [9.17, 15) is 4.79 Å². The van der Waals surface area contributed by atoms with Gasteiger partial charge in [-0.15, -0.1) is 0 Å². The van der Waals surface area contributed by atoms with E-state index in [1.807, 2.05) is 0 Å². The Morgan fingerprint density at radius 2 is 1.58 bits per heavy atom. The van der Waals surface area contributed by atoms with E-state index in [1.54, 1.807) is 56.7 Å².